The van der Waals surface area contributed by atoms with Crippen molar-refractivity contribution in [1.82, 2.24) is 15.1 Å². The van der Waals surface area contributed by atoms with E-state index >= 15 is 0 Å². The number of nitrogens with one attached hydrogen (secondary N) is 1. The number of hydrogen-bond donors (Lipinski definition) is 2. The van der Waals surface area contributed by atoms with Crippen molar-refractivity contribution in [3.05, 3.63) is 35.4 Å². The quantitative estimate of drug-likeness (QED) is 0.339. The first-order chi connectivity index (χ1) is 13.2. The molecular formula is C21H35IN4O2. The molecule has 2 aliphatic heterocycles. The van der Waals surface area contributed by atoms with Crippen LogP contribution in [0.2, 0.25) is 0 Å². The Bertz CT molecular complexity index is 628. The Kier molecular flexibility index (Phi) is 9.98. The first kappa shape index (κ1) is 23.4. The van der Waals surface area contributed by atoms with Gasteiger partial charge in [-0.25, -0.2) is 0 Å². The summed E-state index contributed by atoms with van der Waals surface area (Å²) in [4.78, 5) is 9.34. The zero-order chi connectivity index (χ0) is 19.1. The van der Waals surface area contributed by atoms with Crippen molar-refractivity contribution >= 4 is 29.9 Å². The number of methoxy groups -OCH3 is 1. The molecule has 1 aromatic rings. The predicted molar refractivity (Wildman–Crippen MR) is 124 cm³/mol. The standard InChI is InChI=1S/C21H34N4O2.HI/c1-3-22-21(25-11-8-17(13-25)16-27-2)23-12-20(26)15-24-10-9-18-6-4-5-7-19(18)14-24;/h4-7,17,20,26H,3,8-16H2,1-2H3,(H,22,23);1H. The number of nitrogens with zero attached hydrogens (tertiary/aromatic N) is 3. The summed E-state index contributed by atoms with van der Waals surface area (Å²) in [5.41, 5.74) is 2.82. The summed E-state index contributed by atoms with van der Waals surface area (Å²) in [7, 11) is 1.76. The second-order valence-corrected chi connectivity index (χ2v) is 7.66. The van der Waals surface area contributed by atoms with Crippen LogP contribution in [0.25, 0.3) is 0 Å². The van der Waals surface area contributed by atoms with Gasteiger partial charge in [0.25, 0.3) is 0 Å². The average molecular weight is 502 g/mol. The third-order valence-corrected chi connectivity index (χ3v) is 5.45. The van der Waals surface area contributed by atoms with Gasteiger partial charge in [-0.3, -0.25) is 9.89 Å². The number of ether oxygens (including phenoxy) is 1. The van der Waals surface area contributed by atoms with E-state index in [4.69, 9.17) is 9.73 Å². The number of fused-ring (bicyclic) bond motifs is 1. The van der Waals surface area contributed by atoms with Gasteiger partial charge in [0.15, 0.2) is 5.96 Å². The maximum absolute atomic E-state index is 10.5. The smallest absolute Gasteiger partial charge is 0.194 e. The number of aliphatic imine (C=N–C) groups is 1. The zero-order valence-electron chi connectivity index (χ0n) is 17.1. The highest BCUT2D eigenvalue weighted by molar-refractivity contribution is 14.0. The van der Waals surface area contributed by atoms with E-state index in [1.165, 1.54) is 11.1 Å². The second kappa shape index (κ2) is 11.9. The van der Waals surface area contributed by atoms with Gasteiger partial charge in [0.05, 0.1) is 19.3 Å². The lowest BCUT2D eigenvalue weighted by Gasteiger charge is -2.30. The average Bonchev–Trinajstić information content (AvgIpc) is 3.14. The van der Waals surface area contributed by atoms with Gasteiger partial charge in [-0.1, -0.05) is 24.3 Å². The number of benzene rings is 1. The number of aliphatic hydroxyl groups excluding tert-OH is 1. The number of β-amino-alcohol motifs (C(OH)–C–C–N with tert-alkyl or cyclic N) is 1. The minimum absolute atomic E-state index is 0. The fourth-order valence-electron chi connectivity index (χ4n) is 4.08. The van der Waals surface area contributed by atoms with Crippen LogP contribution in [0.1, 0.15) is 24.5 Å². The molecule has 2 unspecified atom stereocenters. The van der Waals surface area contributed by atoms with Gasteiger partial charge in [0.2, 0.25) is 0 Å². The maximum atomic E-state index is 10.5. The third-order valence-electron chi connectivity index (χ3n) is 5.45. The topological polar surface area (TPSA) is 60.3 Å². The number of rotatable bonds is 7. The van der Waals surface area contributed by atoms with Crippen molar-refractivity contribution < 1.29 is 9.84 Å². The van der Waals surface area contributed by atoms with Crippen molar-refractivity contribution in [2.75, 3.05) is 53.0 Å². The highest BCUT2D eigenvalue weighted by Gasteiger charge is 2.25. The number of likely N-dealkylation sites (tertiary alicyclic amines) is 1. The van der Waals surface area contributed by atoms with Crippen LogP contribution in [0.15, 0.2) is 29.3 Å². The molecule has 0 radical (unpaired) electrons. The van der Waals surface area contributed by atoms with E-state index < -0.39 is 6.10 Å². The monoisotopic (exact) mass is 502 g/mol. The van der Waals surface area contributed by atoms with Gasteiger partial charge in [-0.2, -0.15) is 0 Å². The van der Waals surface area contributed by atoms with Crippen molar-refractivity contribution in [1.29, 1.82) is 0 Å². The SMILES string of the molecule is CCNC(=NCC(O)CN1CCc2ccccc2C1)N1CCC(COC)C1.I. The molecule has 3 rings (SSSR count). The molecule has 6 nitrogen and oxygen atoms in total. The van der Waals surface area contributed by atoms with Crippen LogP contribution < -0.4 is 5.32 Å². The Balaban J connectivity index is 0.00000280. The molecule has 7 heteroatoms. The summed E-state index contributed by atoms with van der Waals surface area (Å²) in [5, 5.41) is 13.9. The van der Waals surface area contributed by atoms with Crippen molar-refractivity contribution in [2.24, 2.45) is 10.9 Å². The van der Waals surface area contributed by atoms with Crippen LogP contribution >= 0.6 is 24.0 Å². The van der Waals surface area contributed by atoms with Crippen LogP contribution in [0.3, 0.4) is 0 Å². The van der Waals surface area contributed by atoms with E-state index in [9.17, 15) is 5.11 Å². The summed E-state index contributed by atoms with van der Waals surface area (Å²) in [5.74, 6) is 1.48. The molecule has 0 aromatic heterocycles. The van der Waals surface area contributed by atoms with Gasteiger partial charge in [0, 0.05) is 52.3 Å². The molecule has 1 fully saturated rings. The van der Waals surface area contributed by atoms with Crippen LogP contribution in [0.4, 0.5) is 0 Å². The van der Waals surface area contributed by atoms with Crippen molar-refractivity contribution in [3.8, 4) is 0 Å². The largest absolute Gasteiger partial charge is 0.390 e. The summed E-state index contributed by atoms with van der Waals surface area (Å²) in [6, 6.07) is 8.61. The van der Waals surface area contributed by atoms with Gasteiger partial charge >= 0.3 is 0 Å². The van der Waals surface area contributed by atoms with Crippen LogP contribution in [-0.2, 0) is 17.7 Å². The lowest BCUT2D eigenvalue weighted by atomic mass is 10.00. The number of guanidine groups is 1. The van der Waals surface area contributed by atoms with Crippen LogP contribution in [0.5, 0.6) is 0 Å². The van der Waals surface area contributed by atoms with E-state index in [2.05, 4.69) is 46.3 Å². The molecule has 1 saturated heterocycles. The van der Waals surface area contributed by atoms with E-state index in [1.54, 1.807) is 7.11 Å². The second-order valence-electron chi connectivity index (χ2n) is 7.66. The summed E-state index contributed by atoms with van der Waals surface area (Å²) < 4.78 is 5.29. The maximum Gasteiger partial charge on any atom is 0.194 e. The lowest BCUT2D eigenvalue weighted by Crippen LogP contribution is -2.42. The number of hydrogen-bond acceptors (Lipinski definition) is 4. The molecule has 0 saturated carbocycles. The zero-order valence-corrected chi connectivity index (χ0v) is 19.5. The molecule has 2 heterocycles. The molecule has 2 aliphatic rings. The highest BCUT2D eigenvalue weighted by atomic mass is 127. The van der Waals surface area contributed by atoms with Gasteiger partial charge in [-0.15, -0.1) is 24.0 Å². The summed E-state index contributed by atoms with van der Waals surface area (Å²) >= 11 is 0. The Labute approximate surface area is 186 Å². The van der Waals surface area contributed by atoms with E-state index in [-0.39, 0.29) is 24.0 Å². The minimum atomic E-state index is -0.443. The molecule has 2 N–H and O–H groups in total. The Morgan fingerprint density at radius 1 is 1.32 bits per heavy atom. The Hall–Kier alpha value is -0.900. The molecule has 0 amide bonds. The molecule has 1 aromatic carbocycles. The van der Waals surface area contributed by atoms with Crippen molar-refractivity contribution in [3.63, 3.8) is 0 Å². The predicted octanol–water partition coefficient (Wildman–Crippen LogP) is 1.96. The van der Waals surface area contributed by atoms with Gasteiger partial charge < -0.3 is 20.1 Å². The summed E-state index contributed by atoms with van der Waals surface area (Å²) in [6.07, 6.45) is 1.75. The number of halogens is 1. The molecule has 28 heavy (non-hydrogen) atoms. The molecule has 0 aliphatic carbocycles. The van der Waals surface area contributed by atoms with E-state index in [1.807, 2.05) is 0 Å². The Morgan fingerprint density at radius 2 is 2.11 bits per heavy atom. The van der Waals surface area contributed by atoms with Crippen molar-refractivity contribution in [2.45, 2.75) is 32.4 Å². The van der Waals surface area contributed by atoms with E-state index in [0.29, 0.717) is 19.0 Å². The number of aliphatic hydroxyl groups is 1. The normalized spacial score (nSPS) is 21.2. The molecule has 0 bridgehead atoms. The third kappa shape index (κ3) is 6.57. The fraction of sp³-hybridized carbons (Fsp3) is 0.667. The van der Waals surface area contributed by atoms with Gasteiger partial charge in [-0.05, 0) is 30.9 Å². The first-order valence-corrected chi connectivity index (χ1v) is 10.2. The molecule has 0 spiro atoms. The molecule has 158 valence electrons. The highest BCUT2D eigenvalue weighted by Crippen LogP contribution is 2.19. The lowest BCUT2D eigenvalue weighted by molar-refractivity contribution is 0.111. The van der Waals surface area contributed by atoms with E-state index in [0.717, 1.165) is 58.1 Å². The molecular weight excluding hydrogens is 467 g/mol. The van der Waals surface area contributed by atoms with Gasteiger partial charge in [0.1, 0.15) is 0 Å². The molecule has 2 atom stereocenters. The van der Waals surface area contributed by atoms with Crippen LogP contribution in [-0.4, -0.2) is 80.0 Å². The first-order valence-electron chi connectivity index (χ1n) is 10.2. The summed E-state index contributed by atoms with van der Waals surface area (Å²) in [6.45, 7) is 8.72. The Morgan fingerprint density at radius 3 is 2.86 bits per heavy atom. The minimum Gasteiger partial charge on any atom is -0.390 e. The fourth-order valence-corrected chi connectivity index (χ4v) is 4.08. The van der Waals surface area contributed by atoms with Crippen LogP contribution in [0, 0.1) is 5.92 Å².